The fraction of sp³-hybridized carbons (Fsp3) is 0.400. The van der Waals surface area contributed by atoms with Crippen molar-refractivity contribution in [1.29, 1.82) is 0 Å². The molecular weight excluding hydrogens is 226 g/mol. The molecule has 2 unspecified atom stereocenters. The van der Waals surface area contributed by atoms with Crippen molar-refractivity contribution >= 4 is 23.4 Å². The quantitative estimate of drug-likeness (QED) is 0.671. The normalized spacial score (nSPS) is 14.4. The monoisotopic (exact) mass is 241 g/mol. The maximum atomic E-state index is 11.0. The van der Waals surface area contributed by atoms with Gasteiger partial charge < -0.3 is 16.6 Å². The summed E-state index contributed by atoms with van der Waals surface area (Å²) in [5, 5.41) is 9.96. The molecule has 0 aliphatic carbocycles. The molecule has 0 spiro atoms. The molecule has 0 fully saturated rings. The highest BCUT2D eigenvalue weighted by molar-refractivity contribution is 7.99. The Morgan fingerprint density at radius 3 is 2.69 bits per heavy atom. The molecule has 1 heterocycles. The Morgan fingerprint density at radius 1 is 1.56 bits per heavy atom. The number of aromatic nitrogens is 1. The second kappa shape index (κ2) is 5.18. The van der Waals surface area contributed by atoms with Gasteiger partial charge in [0.15, 0.2) is 0 Å². The number of nitrogens with two attached hydrogens (primary N) is 2. The number of hydrogen-bond acceptors (Lipinski definition) is 5. The molecule has 1 amide bonds. The van der Waals surface area contributed by atoms with E-state index in [9.17, 15) is 9.90 Å². The minimum Gasteiger partial charge on any atom is -0.397 e. The lowest BCUT2D eigenvalue weighted by molar-refractivity contribution is 0.100. The van der Waals surface area contributed by atoms with Crippen molar-refractivity contribution in [2.75, 3.05) is 5.73 Å². The molecule has 0 saturated carbocycles. The van der Waals surface area contributed by atoms with Crippen LogP contribution in [-0.4, -0.2) is 27.4 Å². The number of amides is 1. The summed E-state index contributed by atoms with van der Waals surface area (Å²) in [6.45, 7) is 3.57. The van der Waals surface area contributed by atoms with Crippen LogP contribution in [0.25, 0.3) is 0 Å². The number of nitrogens with zero attached hydrogens (tertiary/aromatic N) is 1. The third kappa shape index (κ3) is 3.11. The van der Waals surface area contributed by atoms with Gasteiger partial charge in [-0.1, -0.05) is 6.92 Å². The predicted molar refractivity (Wildman–Crippen MR) is 64.2 cm³/mol. The minimum atomic E-state index is -0.577. The van der Waals surface area contributed by atoms with E-state index in [0.29, 0.717) is 5.03 Å². The third-order valence-electron chi connectivity index (χ3n) is 2.16. The number of pyridine rings is 1. The first-order chi connectivity index (χ1) is 7.41. The highest BCUT2D eigenvalue weighted by atomic mass is 32.2. The lowest BCUT2D eigenvalue weighted by atomic mass is 10.2. The minimum absolute atomic E-state index is 0.0168. The Balaban J connectivity index is 2.91. The van der Waals surface area contributed by atoms with Gasteiger partial charge in [-0.15, -0.1) is 11.8 Å². The maximum Gasteiger partial charge on any atom is 0.250 e. The second-order valence-electron chi connectivity index (χ2n) is 3.54. The van der Waals surface area contributed by atoms with Crippen LogP contribution in [0.4, 0.5) is 5.69 Å². The summed E-state index contributed by atoms with van der Waals surface area (Å²) in [5.41, 5.74) is 11.3. The van der Waals surface area contributed by atoms with Gasteiger partial charge in [0.25, 0.3) is 5.91 Å². The van der Waals surface area contributed by atoms with E-state index < -0.39 is 12.0 Å². The van der Waals surface area contributed by atoms with Crippen molar-refractivity contribution < 1.29 is 9.90 Å². The zero-order valence-corrected chi connectivity index (χ0v) is 9.99. The zero-order chi connectivity index (χ0) is 12.3. The Kier molecular flexibility index (Phi) is 4.14. The molecule has 0 aromatic carbocycles. The van der Waals surface area contributed by atoms with Crippen LogP contribution < -0.4 is 11.5 Å². The third-order valence-corrected chi connectivity index (χ3v) is 3.39. The summed E-state index contributed by atoms with van der Waals surface area (Å²) in [5.74, 6) is -0.577. The van der Waals surface area contributed by atoms with Crippen LogP contribution in [0.1, 0.15) is 24.2 Å². The fourth-order valence-corrected chi connectivity index (χ4v) is 1.89. The Labute approximate surface area is 98.2 Å². The summed E-state index contributed by atoms with van der Waals surface area (Å²) in [4.78, 5) is 15.1. The molecule has 0 aliphatic heterocycles. The van der Waals surface area contributed by atoms with E-state index in [4.69, 9.17) is 11.5 Å². The predicted octanol–water partition coefficient (Wildman–Crippen LogP) is 0.624. The van der Waals surface area contributed by atoms with Crippen LogP contribution in [-0.2, 0) is 0 Å². The first-order valence-electron chi connectivity index (χ1n) is 4.82. The number of aliphatic hydroxyl groups excluding tert-OH is 1. The number of carbonyl (C=O) groups is 1. The van der Waals surface area contributed by atoms with E-state index in [1.165, 1.54) is 18.0 Å². The molecule has 0 bridgehead atoms. The maximum absolute atomic E-state index is 11.0. The summed E-state index contributed by atoms with van der Waals surface area (Å²) in [6, 6.07) is 1.54. The van der Waals surface area contributed by atoms with Crippen molar-refractivity contribution in [3.05, 3.63) is 17.8 Å². The number of aliphatic hydroxyl groups is 1. The van der Waals surface area contributed by atoms with Crippen LogP contribution in [0.2, 0.25) is 0 Å². The van der Waals surface area contributed by atoms with E-state index in [0.717, 1.165) is 0 Å². The number of thioether (sulfide) groups is 1. The first kappa shape index (κ1) is 12.8. The second-order valence-corrected chi connectivity index (χ2v) is 4.94. The number of carbonyl (C=O) groups excluding carboxylic acids is 1. The lowest BCUT2D eigenvalue weighted by Gasteiger charge is -2.13. The molecule has 1 aromatic rings. The smallest absolute Gasteiger partial charge is 0.250 e. The van der Waals surface area contributed by atoms with E-state index in [2.05, 4.69) is 4.98 Å². The van der Waals surface area contributed by atoms with Crippen LogP contribution >= 0.6 is 11.8 Å². The highest BCUT2D eigenvalue weighted by Crippen LogP contribution is 2.25. The molecular formula is C10H15N3O2S. The van der Waals surface area contributed by atoms with Crippen molar-refractivity contribution in [2.24, 2.45) is 5.73 Å². The molecule has 5 nitrogen and oxygen atoms in total. The van der Waals surface area contributed by atoms with Gasteiger partial charge in [0.05, 0.1) is 28.6 Å². The highest BCUT2D eigenvalue weighted by Gasteiger charge is 2.13. The van der Waals surface area contributed by atoms with Gasteiger partial charge in [-0.05, 0) is 13.0 Å². The molecule has 0 radical (unpaired) electrons. The number of nitrogen functional groups attached to an aromatic ring is 1. The van der Waals surface area contributed by atoms with Gasteiger partial charge in [-0.3, -0.25) is 4.79 Å². The molecule has 1 rings (SSSR count). The molecule has 6 heteroatoms. The van der Waals surface area contributed by atoms with Gasteiger partial charge in [-0.25, -0.2) is 4.98 Å². The average molecular weight is 241 g/mol. The van der Waals surface area contributed by atoms with Crippen molar-refractivity contribution in [3.8, 4) is 0 Å². The summed E-state index contributed by atoms with van der Waals surface area (Å²) in [6.07, 6.45) is 0.943. The van der Waals surface area contributed by atoms with E-state index in [1.807, 2.05) is 6.92 Å². The zero-order valence-electron chi connectivity index (χ0n) is 9.18. The summed E-state index contributed by atoms with van der Waals surface area (Å²) < 4.78 is 0. The van der Waals surface area contributed by atoms with Crippen molar-refractivity contribution in [3.63, 3.8) is 0 Å². The summed E-state index contributed by atoms with van der Waals surface area (Å²) >= 11 is 1.37. The molecule has 2 atom stereocenters. The topological polar surface area (TPSA) is 102 Å². The van der Waals surface area contributed by atoms with Crippen LogP contribution in [0.3, 0.4) is 0 Å². The van der Waals surface area contributed by atoms with E-state index in [1.54, 1.807) is 13.0 Å². The fourth-order valence-electron chi connectivity index (χ4n) is 1.01. The van der Waals surface area contributed by atoms with Gasteiger partial charge >= 0.3 is 0 Å². The lowest BCUT2D eigenvalue weighted by Crippen LogP contribution is -2.16. The van der Waals surface area contributed by atoms with Crippen LogP contribution in [0.5, 0.6) is 0 Å². The van der Waals surface area contributed by atoms with E-state index in [-0.39, 0.29) is 16.5 Å². The Bertz CT molecular complexity index is 396. The van der Waals surface area contributed by atoms with E-state index >= 15 is 0 Å². The molecule has 88 valence electrons. The molecule has 16 heavy (non-hydrogen) atoms. The number of rotatable bonds is 4. The number of hydrogen-bond donors (Lipinski definition) is 3. The summed E-state index contributed by atoms with van der Waals surface area (Å²) in [7, 11) is 0. The molecule has 0 aliphatic rings. The molecule has 5 N–H and O–H groups in total. The number of anilines is 1. The molecule has 1 aromatic heterocycles. The van der Waals surface area contributed by atoms with Crippen LogP contribution in [0, 0.1) is 0 Å². The van der Waals surface area contributed by atoms with Gasteiger partial charge in [0, 0.05) is 5.25 Å². The average Bonchev–Trinajstić information content (AvgIpc) is 2.20. The first-order valence-corrected chi connectivity index (χ1v) is 5.70. The Morgan fingerprint density at radius 2 is 2.19 bits per heavy atom. The van der Waals surface area contributed by atoms with Gasteiger partial charge in [-0.2, -0.15) is 0 Å². The SMILES string of the molecule is CC(O)C(C)Sc1cc(C(N)=O)c(N)cn1. The van der Waals surface area contributed by atoms with Crippen LogP contribution in [0.15, 0.2) is 17.3 Å². The van der Waals surface area contributed by atoms with Gasteiger partial charge in [0.2, 0.25) is 0 Å². The van der Waals surface area contributed by atoms with Gasteiger partial charge in [0.1, 0.15) is 0 Å². The Hall–Kier alpha value is -1.27. The molecule has 0 saturated heterocycles. The van der Waals surface area contributed by atoms with Crippen molar-refractivity contribution in [1.82, 2.24) is 4.98 Å². The number of primary amides is 1. The standard InChI is InChI=1S/C10H15N3O2S/c1-5(14)6(2)16-9-3-7(10(12)15)8(11)4-13-9/h3-6,14H,11H2,1-2H3,(H2,12,15). The van der Waals surface area contributed by atoms with Crippen molar-refractivity contribution in [2.45, 2.75) is 30.2 Å². The largest absolute Gasteiger partial charge is 0.397 e.